The van der Waals surface area contributed by atoms with Gasteiger partial charge in [0.25, 0.3) is 0 Å². The molecular weight excluding hydrogens is 74.3 g/mol. The first-order valence-electron chi connectivity index (χ1n) is 0.894. The molecule has 0 amide bonds. The van der Waals surface area contributed by atoms with Crippen LogP contribution in [0, 0.1) is 7.43 Å². The zero-order valence-electron chi connectivity index (χ0n) is 4.15. The molecule has 0 spiro atoms. The Morgan fingerprint density at radius 3 is 1.20 bits per heavy atom. The summed E-state index contributed by atoms with van der Waals surface area (Å²) in [7, 11) is 3.50. The van der Waals surface area contributed by atoms with Crippen molar-refractivity contribution in [1.82, 2.24) is 0 Å². The Morgan fingerprint density at radius 1 is 1.20 bits per heavy atom. The minimum atomic E-state index is 0. The van der Waals surface area contributed by atoms with Crippen LogP contribution in [-0.2, 0) is 0 Å². The molecule has 0 aliphatic rings. The molecule has 0 aromatic rings. The van der Waals surface area contributed by atoms with E-state index < -0.39 is 0 Å². The summed E-state index contributed by atoms with van der Waals surface area (Å²) in [6.07, 6.45) is 0. The van der Waals surface area contributed by atoms with Gasteiger partial charge in [0.05, 0.1) is 0 Å². The fourth-order valence-corrected chi connectivity index (χ4v) is 0. The summed E-state index contributed by atoms with van der Waals surface area (Å²) in [5.41, 5.74) is 0. The van der Waals surface area contributed by atoms with Crippen molar-refractivity contribution in [2.45, 2.75) is 0 Å². The minimum absolute atomic E-state index is 0. The molecule has 0 aromatic heterocycles. The predicted molar refractivity (Wildman–Crippen MR) is 27.4 cm³/mol. The summed E-state index contributed by atoms with van der Waals surface area (Å²) in [5, 5.41) is 3.50. The van der Waals surface area contributed by atoms with Gasteiger partial charge in [-0.2, -0.15) is 14.1 Å². The number of hydrogen-bond donors (Lipinski definition) is 0. The van der Waals surface area contributed by atoms with Crippen LogP contribution in [0.1, 0.15) is 0 Å². The van der Waals surface area contributed by atoms with Gasteiger partial charge in [-0.25, -0.2) is 0 Å². The molecular formula is C3H9MgN. The topological polar surface area (TPSA) is 14.1 Å². The number of hydrogen-bond acceptors (Lipinski definition) is 0. The molecule has 0 radical (unpaired) electrons. The van der Waals surface area contributed by atoms with Gasteiger partial charge >= 0.3 is 23.1 Å². The average Bonchev–Trinajstić information content (AvgIpc) is 0.918. The molecule has 0 unspecified atom stereocenters. The van der Waals surface area contributed by atoms with Crippen LogP contribution in [0.3, 0.4) is 0 Å². The quantitative estimate of drug-likeness (QED) is 0.302. The van der Waals surface area contributed by atoms with Crippen molar-refractivity contribution in [1.29, 1.82) is 0 Å². The van der Waals surface area contributed by atoms with Crippen LogP contribution in [0.2, 0.25) is 0 Å². The van der Waals surface area contributed by atoms with Gasteiger partial charge in [-0.15, -0.1) is 0 Å². The molecule has 0 rings (SSSR count). The number of rotatable bonds is 0. The SMILES string of the molecule is C[N-]C.[CH3-].[Mg+2]. The van der Waals surface area contributed by atoms with Gasteiger partial charge in [-0.3, -0.25) is 0 Å². The largest absolute Gasteiger partial charge is 2.00 e. The van der Waals surface area contributed by atoms with E-state index in [4.69, 9.17) is 0 Å². The molecule has 0 aliphatic heterocycles. The first-order chi connectivity index (χ1) is 1.41. The molecule has 0 saturated carbocycles. The molecule has 0 aliphatic carbocycles. The van der Waals surface area contributed by atoms with E-state index in [0.717, 1.165) is 0 Å². The maximum Gasteiger partial charge on any atom is 2.00 e. The minimum Gasteiger partial charge on any atom is -0.668 e. The molecule has 0 aromatic carbocycles. The van der Waals surface area contributed by atoms with E-state index in [2.05, 4.69) is 5.32 Å². The van der Waals surface area contributed by atoms with Gasteiger partial charge in [0.2, 0.25) is 0 Å². The Bertz CT molecular complexity index is 6.85. The van der Waals surface area contributed by atoms with Crippen LogP contribution in [-0.4, -0.2) is 37.1 Å². The number of nitrogens with zero attached hydrogens (tertiary/aromatic N) is 1. The zero-order chi connectivity index (χ0) is 2.71. The second-order valence-corrected chi connectivity index (χ2v) is 0.447. The third-order valence-corrected chi connectivity index (χ3v) is 0. The van der Waals surface area contributed by atoms with Crippen LogP contribution in [0.25, 0.3) is 5.32 Å². The van der Waals surface area contributed by atoms with Gasteiger partial charge < -0.3 is 12.7 Å². The summed E-state index contributed by atoms with van der Waals surface area (Å²) < 4.78 is 0. The summed E-state index contributed by atoms with van der Waals surface area (Å²) in [6, 6.07) is 0. The fourth-order valence-electron chi connectivity index (χ4n) is 0. The second-order valence-electron chi connectivity index (χ2n) is 0.447. The first kappa shape index (κ1) is 17.2. The van der Waals surface area contributed by atoms with E-state index in [1.165, 1.54) is 0 Å². The Hall–Kier alpha value is 0.726. The summed E-state index contributed by atoms with van der Waals surface area (Å²) in [6.45, 7) is 0. The van der Waals surface area contributed by atoms with Crippen molar-refractivity contribution in [3.8, 4) is 0 Å². The van der Waals surface area contributed by atoms with Crippen LogP contribution in [0.4, 0.5) is 0 Å². The Labute approximate surface area is 50.3 Å². The molecule has 2 heteroatoms. The molecule has 28 valence electrons. The smallest absolute Gasteiger partial charge is 0.668 e. The van der Waals surface area contributed by atoms with E-state index in [1.807, 2.05) is 0 Å². The van der Waals surface area contributed by atoms with E-state index in [1.54, 1.807) is 14.1 Å². The summed E-state index contributed by atoms with van der Waals surface area (Å²) in [5.74, 6) is 0. The third-order valence-electron chi connectivity index (χ3n) is 0. The van der Waals surface area contributed by atoms with Crippen molar-refractivity contribution in [2.75, 3.05) is 14.1 Å². The Kier molecular flexibility index (Phi) is 75.8. The van der Waals surface area contributed by atoms with E-state index in [9.17, 15) is 0 Å². The third kappa shape index (κ3) is 66.6. The monoisotopic (exact) mass is 83.1 g/mol. The van der Waals surface area contributed by atoms with Crippen LogP contribution >= 0.6 is 0 Å². The van der Waals surface area contributed by atoms with Gasteiger partial charge in [0, 0.05) is 0 Å². The van der Waals surface area contributed by atoms with Gasteiger partial charge in [-0.05, 0) is 0 Å². The van der Waals surface area contributed by atoms with Gasteiger partial charge in [0.1, 0.15) is 0 Å². The molecule has 1 nitrogen and oxygen atoms in total. The van der Waals surface area contributed by atoms with Crippen molar-refractivity contribution in [3.63, 3.8) is 0 Å². The molecule has 0 bridgehead atoms. The molecule has 0 heterocycles. The van der Waals surface area contributed by atoms with E-state index >= 15 is 0 Å². The first-order valence-corrected chi connectivity index (χ1v) is 0.894. The zero-order valence-corrected chi connectivity index (χ0v) is 5.57. The van der Waals surface area contributed by atoms with E-state index in [-0.39, 0.29) is 30.5 Å². The molecule has 0 atom stereocenters. The van der Waals surface area contributed by atoms with Crippen molar-refractivity contribution in [3.05, 3.63) is 12.7 Å². The Balaban J connectivity index is -0.0000000200. The van der Waals surface area contributed by atoms with E-state index in [0.29, 0.717) is 0 Å². The maximum absolute atomic E-state index is 3.50. The molecule has 0 N–H and O–H groups in total. The van der Waals surface area contributed by atoms with Crippen molar-refractivity contribution < 1.29 is 0 Å². The molecule has 5 heavy (non-hydrogen) atoms. The molecule has 0 fully saturated rings. The maximum atomic E-state index is 3.50. The van der Waals surface area contributed by atoms with Crippen LogP contribution in [0.5, 0.6) is 0 Å². The van der Waals surface area contributed by atoms with Gasteiger partial charge in [-0.1, -0.05) is 0 Å². The summed E-state index contributed by atoms with van der Waals surface area (Å²) >= 11 is 0. The normalized spacial score (nSPS) is 3.60. The van der Waals surface area contributed by atoms with Crippen LogP contribution in [0.15, 0.2) is 0 Å². The van der Waals surface area contributed by atoms with Crippen LogP contribution < -0.4 is 0 Å². The molecule has 0 saturated heterocycles. The second kappa shape index (κ2) is 22.0. The Morgan fingerprint density at radius 2 is 1.20 bits per heavy atom. The average molecular weight is 83.4 g/mol. The van der Waals surface area contributed by atoms with Gasteiger partial charge in [0.15, 0.2) is 0 Å². The standard InChI is InChI=1S/C2H6N.CH3.Mg/c1-3-2;;/h1-2H3;1H3;/q2*-1;+2. The fraction of sp³-hybridized carbons (Fsp3) is 0.667. The van der Waals surface area contributed by atoms with Crippen molar-refractivity contribution >= 4 is 23.1 Å². The van der Waals surface area contributed by atoms with Crippen molar-refractivity contribution in [2.24, 2.45) is 0 Å². The predicted octanol–water partition coefficient (Wildman–Crippen LogP) is 0.689. The summed E-state index contributed by atoms with van der Waals surface area (Å²) in [4.78, 5) is 0.